The number of imidazole rings is 1. The van der Waals surface area contributed by atoms with Gasteiger partial charge in [-0.2, -0.15) is 0 Å². The third-order valence-corrected chi connectivity index (χ3v) is 8.54. The van der Waals surface area contributed by atoms with E-state index >= 15 is 0 Å². The number of hydrogen-bond donors (Lipinski definition) is 2. The second kappa shape index (κ2) is 10.3. The predicted octanol–water partition coefficient (Wildman–Crippen LogP) is 2.62. The first kappa shape index (κ1) is 27.0. The van der Waals surface area contributed by atoms with E-state index in [1.165, 1.54) is 37.7 Å². The van der Waals surface area contributed by atoms with Crippen LogP contribution in [0.2, 0.25) is 0 Å². The van der Waals surface area contributed by atoms with Gasteiger partial charge in [-0.15, -0.1) is 0 Å². The van der Waals surface area contributed by atoms with Crippen LogP contribution in [-0.4, -0.2) is 66.9 Å². The Balaban J connectivity index is 1.62. The van der Waals surface area contributed by atoms with Gasteiger partial charge in [0.2, 0.25) is 16.0 Å². The number of rotatable bonds is 8. The van der Waals surface area contributed by atoms with Gasteiger partial charge in [0.15, 0.2) is 0 Å². The number of anilines is 1. The van der Waals surface area contributed by atoms with Crippen molar-refractivity contribution in [1.82, 2.24) is 23.4 Å². The van der Waals surface area contributed by atoms with Crippen LogP contribution in [-0.2, 0) is 16.6 Å². The molecule has 0 aliphatic carbocycles. The van der Waals surface area contributed by atoms with Gasteiger partial charge in [0.1, 0.15) is 5.82 Å². The number of nitrogens with one attached hydrogen (secondary N) is 1. The Morgan fingerprint density at radius 1 is 1.16 bits per heavy atom. The Kier molecular flexibility index (Phi) is 7.54. The van der Waals surface area contributed by atoms with E-state index in [-0.39, 0.29) is 12.6 Å². The maximum Gasteiger partial charge on any atom is 0.333 e. The van der Waals surface area contributed by atoms with E-state index in [9.17, 15) is 22.7 Å². The number of hydrogen-bond acceptors (Lipinski definition) is 7. The Morgan fingerprint density at radius 2 is 1.81 bits per heavy atom. The zero-order valence-electron chi connectivity index (χ0n) is 21.4. The molecule has 0 unspecified atom stereocenters. The number of nitrogens with zero attached hydrogens (tertiary/aromatic N) is 5. The minimum atomic E-state index is -3.29. The summed E-state index contributed by atoms with van der Waals surface area (Å²) in [4.78, 5) is 22.2. The summed E-state index contributed by atoms with van der Waals surface area (Å²) < 4.78 is 42.8. The first-order valence-corrected chi connectivity index (χ1v) is 13.7. The van der Waals surface area contributed by atoms with Crippen LogP contribution < -0.4 is 11.0 Å². The summed E-state index contributed by atoms with van der Waals surface area (Å²) >= 11 is 0. The first-order chi connectivity index (χ1) is 17.3. The highest BCUT2D eigenvalue weighted by Crippen LogP contribution is 2.24. The summed E-state index contributed by atoms with van der Waals surface area (Å²) in [6.07, 6.45) is 4.42. The lowest BCUT2D eigenvalue weighted by atomic mass is 10.1. The topological polar surface area (TPSA) is 122 Å². The smallest absolute Gasteiger partial charge is 0.333 e. The van der Waals surface area contributed by atoms with Crippen molar-refractivity contribution in [3.8, 4) is 17.1 Å². The normalized spacial score (nSPS) is 15.9. The van der Waals surface area contributed by atoms with Crippen LogP contribution in [0.25, 0.3) is 17.1 Å². The quantitative estimate of drug-likeness (QED) is 0.457. The first-order valence-electron chi connectivity index (χ1n) is 12.2. The number of aromatic nitrogens is 4. The Morgan fingerprint density at radius 3 is 2.41 bits per heavy atom. The molecule has 1 aromatic carbocycles. The fourth-order valence-corrected chi connectivity index (χ4v) is 5.66. The molecular weight excluding hydrogens is 499 g/mol. The molecule has 4 rings (SSSR count). The molecule has 0 saturated carbocycles. The summed E-state index contributed by atoms with van der Waals surface area (Å²) in [6.45, 7) is 7.47. The highest BCUT2D eigenvalue weighted by atomic mass is 32.2. The lowest BCUT2D eigenvalue weighted by Gasteiger charge is -2.32. The summed E-state index contributed by atoms with van der Waals surface area (Å²) in [6, 6.07) is 7.23. The zero-order chi connectivity index (χ0) is 27.0. The molecule has 0 radical (unpaired) electrons. The van der Waals surface area contributed by atoms with E-state index in [0.29, 0.717) is 49.0 Å². The highest BCUT2D eigenvalue weighted by molar-refractivity contribution is 7.89. The lowest BCUT2D eigenvalue weighted by molar-refractivity contribution is 0.0604. The molecule has 2 aromatic heterocycles. The number of sulfonamides is 1. The molecule has 1 fully saturated rings. The number of halogens is 1. The maximum absolute atomic E-state index is 13.6. The minimum absolute atomic E-state index is 0.00654. The van der Waals surface area contributed by atoms with Gasteiger partial charge in [0.05, 0.1) is 34.5 Å². The van der Waals surface area contributed by atoms with Gasteiger partial charge in [0, 0.05) is 31.5 Å². The third kappa shape index (κ3) is 6.08. The van der Waals surface area contributed by atoms with Crippen LogP contribution in [0.3, 0.4) is 0 Å². The van der Waals surface area contributed by atoms with E-state index in [1.54, 1.807) is 46.2 Å². The molecule has 3 heterocycles. The number of piperidine rings is 1. The predicted molar refractivity (Wildman–Crippen MR) is 140 cm³/mol. The summed E-state index contributed by atoms with van der Waals surface area (Å²) in [5.74, 6) is -0.0638. The monoisotopic (exact) mass is 532 g/mol. The van der Waals surface area contributed by atoms with Crippen LogP contribution in [0.1, 0.15) is 40.5 Å². The van der Waals surface area contributed by atoms with E-state index in [1.807, 2.05) is 0 Å². The SMILES string of the molecule is CC(C)S(=O)(=O)N1CCC(Nc2nccc(-c3cn(CC(C)(C)O)c(=O)n3-c3ccc(F)cc3)n2)CC1. The molecule has 0 spiro atoms. The van der Waals surface area contributed by atoms with Crippen molar-refractivity contribution in [1.29, 1.82) is 0 Å². The van der Waals surface area contributed by atoms with Crippen molar-refractivity contribution in [2.75, 3.05) is 18.4 Å². The van der Waals surface area contributed by atoms with E-state index in [0.717, 1.165) is 0 Å². The van der Waals surface area contributed by atoms with Crippen molar-refractivity contribution < 1.29 is 17.9 Å². The fraction of sp³-hybridized carbons (Fsp3) is 0.480. The Hall–Kier alpha value is -3.09. The fourth-order valence-electron chi connectivity index (χ4n) is 4.35. The van der Waals surface area contributed by atoms with E-state index < -0.39 is 32.4 Å². The molecular formula is C25H33FN6O4S. The number of aliphatic hydroxyl groups is 1. The van der Waals surface area contributed by atoms with Gasteiger partial charge >= 0.3 is 5.69 Å². The molecule has 0 bridgehead atoms. The van der Waals surface area contributed by atoms with Gasteiger partial charge in [-0.3, -0.25) is 9.13 Å². The molecule has 2 N–H and O–H groups in total. The van der Waals surface area contributed by atoms with Crippen LogP contribution >= 0.6 is 0 Å². The average Bonchev–Trinajstić information content (AvgIpc) is 3.14. The Labute approximate surface area is 215 Å². The zero-order valence-corrected chi connectivity index (χ0v) is 22.2. The van der Waals surface area contributed by atoms with E-state index in [4.69, 9.17) is 0 Å². The van der Waals surface area contributed by atoms with Crippen LogP contribution in [0, 0.1) is 5.82 Å². The molecule has 12 heteroatoms. The molecule has 1 aliphatic rings. The third-order valence-electron chi connectivity index (χ3n) is 6.26. The molecule has 200 valence electrons. The van der Waals surface area contributed by atoms with Crippen molar-refractivity contribution in [2.45, 2.75) is 64.0 Å². The summed E-state index contributed by atoms with van der Waals surface area (Å²) in [5, 5.41) is 13.1. The van der Waals surface area contributed by atoms with Crippen molar-refractivity contribution in [3.05, 3.63) is 59.0 Å². The van der Waals surface area contributed by atoms with Gasteiger partial charge < -0.3 is 10.4 Å². The van der Waals surface area contributed by atoms with Crippen molar-refractivity contribution >= 4 is 16.0 Å². The summed E-state index contributed by atoms with van der Waals surface area (Å²) in [5.41, 5.74) is -0.137. The average molecular weight is 533 g/mol. The van der Waals surface area contributed by atoms with Crippen molar-refractivity contribution in [2.24, 2.45) is 0 Å². The molecule has 0 amide bonds. The molecule has 0 atom stereocenters. The van der Waals surface area contributed by atoms with Gasteiger partial charge in [-0.25, -0.2) is 31.9 Å². The summed E-state index contributed by atoms with van der Waals surface area (Å²) in [7, 11) is -3.29. The van der Waals surface area contributed by atoms with Crippen LogP contribution in [0.4, 0.5) is 10.3 Å². The largest absolute Gasteiger partial charge is 0.389 e. The van der Waals surface area contributed by atoms with E-state index in [2.05, 4.69) is 15.3 Å². The van der Waals surface area contributed by atoms with Crippen LogP contribution in [0.5, 0.6) is 0 Å². The van der Waals surface area contributed by atoms with Gasteiger partial charge in [-0.05, 0) is 70.9 Å². The van der Waals surface area contributed by atoms with Gasteiger partial charge in [-0.1, -0.05) is 0 Å². The Bertz CT molecular complexity index is 1400. The molecule has 1 saturated heterocycles. The molecule has 37 heavy (non-hydrogen) atoms. The second-order valence-electron chi connectivity index (χ2n) is 10.2. The van der Waals surface area contributed by atoms with Crippen molar-refractivity contribution in [3.63, 3.8) is 0 Å². The lowest BCUT2D eigenvalue weighted by Crippen LogP contribution is -2.45. The molecule has 3 aromatic rings. The molecule has 10 nitrogen and oxygen atoms in total. The minimum Gasteiger partial charge on any atom is -0.389 e. The standard InChI is InChI=1S/C25H33FN6O4S/c1-17(2)37(35,36)31-13-10-19(11-14-31)28-23-27-12-9-21(29-23)22-15-30(16-25(3,4)34)24(33)32(22)20-7-5-18(26)6-8-20/h5-9,12,15,17,19,34H,10-11,13-14,16H2,1-4H3,(H,27,28,29). The maximum atomic E-state index is 13.6. The van der Waals surface area contributed by atoms with Gasteiger partial charge in [0.25, 0.3) is 0 Å². The molecule has 1 aliphatic heterocycles. The second-order valence-corrected chi connectivity index (χ2v) is 12.7. The number of benzene rings is 1. The van der Waals surface area contributed by atoms with Crippen LogP contribution in [0.15, 0.2) is 47.5 Å². The highest BCUT2D eigenvalue weighted by Gasteiger charge is 2.30.